The Morgan fingerprint density at radius 1 is 1.07 bits per heavy atom. The summed E-state index contributed by atoms with van der Waals surface area (Å²) in [5.41, 5.74) is -3.71. The van der Waals surface area contributed by atoms with Crippen LogP contribution in [0, 0.1) is 0 Å². The molecule has 9 nitrogen and oxygen atoms in total. The molecule has 5 N–H and O–H groups in total. The highest BCUT2D eigenvalue weighted by Crippen LogP contribution is 2.51. The van der Waals surface area contributed by atoms with Crippen molar-refractivity contribution in [3.63, 3.8) is 0 Å². The van der Waals surface area contributed by atoms with Crippen molar-refractivity contribution in [1.82, 2.24) is 0 Å². The number of fused-ring (bicyclic) bond motifs is 3. The number of aromatic hydroxyl groups is 3. The van der Waals surface area contributed by atoms with Crippen LogP contribution in [0.3, 0.4) is 0 Å². The van der Waals surface area contributed by atoms with Gasteiger partial charge in [0.15, 0.2) is 5.78 Å². The molecule has 2 aromatic rings. The highest BCUT2D eigenvalue weighted by Gasteiger charge is 2.50. The lowest BCUT2D eigenvalue weighted by molar-refractivity contribution is -0.151. The minimum atomic E-state index is -1.76. The minimum absolute atomic E-state index is 0.0638. The quantitative estimate of drug-likeness (QED) is 0.289. The number of methoxy groups -OCH3 is 1. The van der Waals surface area contributed by atoms with Gasteiger partial charge < -0.3 is 30.3 Å². The molecule has 156 valence electrons. The number of ketones is 2. The maximum Gasteiger partial charge on any atom is 0.316 e. The van der Waals surface area contributed by atoms with Gasteiger partial charge in [0, 0.05) is 17.5 Å². The van der Waals surface area contributed by atoms with Crippen LogP contribution in [0.1, 0.15) is 68.3 Å². The van der Waals surface area contributed by atoms with E-state index in [1.54, 1.807) is 0 Å². The highest BCUT2D eigenvalue weighted by molar-refractivity contribution is 6.31. The van der Waals surface area contributed by atoms with Gasteiger partial charge in [-0.05, 0) is 30.7 Å². The average Bonchev–Trinajstić information content (AvgIpc) is 2.66. The SMILES string of the molecule is COC(=O)C1c2cc3c(c(O)c2C(O)CC1(C)O)C(=O)c1c(O)ccc(O)c1C3=O. The van der Waals surface area contributed by atoms with Gasteiger partial charge in [0.05, 0.1) is 35.5 Å². The van der Waals surface area contributed by atoms with E-state index in [0.29, 0.717) is 0 Å². The van der Waals surface area contributed by atoms with Crippen molar-refractivity contribution in [2.24, 2.45) is 0 Å². The number of carbonyl (C=O) groups excluding carboxylic acids is 3. The number of hydrogen-bond donors (Lipinski definition) is 5. The third-order valence-corrected chi connectivity index (χ3v) is 5.77. The maximum absolute atomic E-state index is 13.1. The first kappa shape index (κ1) is 19.9. The summed E-state index contributed by atoms with van der Waals surface area (Å²) < 4.78 is 4.75. The second-order valence-corrected chi connectivity index (χ2v) is 7.70. The number of rotatable bonds is 1. The van der Waals surface area contributed by atoms with E-state index in [-0.39, 0.29) is 23.1 Å². The zero-order valence-electron chi connectivity index (χ0n) is 16.0. The summed E-state index contributed by atoms with van der Waals surface area (Å²) in [5, 5.41) is 52.3. The summed E-state index contributed by atoms with van der Waals surface area (Å²) in [6.07, 6.45) is -1.78. The fourth-order valence-electron chi connectivity index (χ4n) is 4.45. The Hall–Kier alpha value is -3.43. The fourth-order valence-corrected chi connectivity index (χ4v) is 4.45. The smallest absolute Gasteiger partial charge is 0.316 e. The summed E-state index contributed by atoms with van der Waals surface area (Å²) in [6, 6.07) is 3.23. The van der Waals surface area contributed by atoms with Crippen molar-refractivity contribution in [3.05, 3.63) is 51.6 Å². The number of aliphatic hydroxyl groups excluding tert-OH is 1. The number of carbonyl (C=O) groups is 3. The Kier molecular flexibility index (Phi) is 4.16. The topological polar surface area (TPSA) is 162 Å². The van der Waals surface area contributed by atoms with Gasteiger partial charge in [-0.3, -0.25) is 14.4 Å². The predicted octanol–water partition coefficient (Wildman–Crippen LogP) is 1.02. The normalized spacial score (nSPS) is 24.7. The van der Waals surface area contributed by atoms with Gasteiger partial charge in [-0.25, -0.2) is 0 Å². The number of phenolic OH excluding ortho intramolecular Hbond substituents is 3. The highest BCUT2D eigenvalue weighted by atomic mass is 16.5. The minimum Gasteiger partial charge on any atom is -0.507 e. The van der Waals surface area contributed by atoms with Crippen LogP contribution in [-0.4, -0.2) is 55.8 Å². The standard InChI is InChI=1S/C21H18O9/c1-21(29)6-11(24)12-7(16(21)20(28)30-2)5-8-13(18(12)26)19(27)15-10(23)4-3-9(22)14(15)17(8)25/h3-5,11,16,22-24,26,29H,6H2,1-2H3. The molecular formula is C21H18O9. The first-order valence-corrected chi connectivity index (χ1v) is 9.03. The monoisotopic (exact) mass is 414 g/mol. The molecule has 2 aliphatic carbocycles. The van der Waals surface area contributed by atoms with E-state index >= 15 is 0 Å². The van der Waals surface area contributed by atoms with Crippen molar-refractivity contribution >= 4 is 17.5 Å². The van der Waals surface area contributed by atoms with Gasteiger partial charge in [0.2, 0.25) is 5.78 Å². The second-order valence-electron chi connectivity index (χ2n) is 7.70. The summed E-state index contributed by atoms with van der Waals surface area (Å²) in [4.78, 5) is 38.5. The van der Waals surface area contributed by atoms with E-state index in [2.05, 4.69) is 0 Å². The Labute approximate surface area is 169 Å². The fraction of sp³-hybridized carbons (Fsp3) is 0.286. The summed E-state index contributed by atoms with van der Waals surface area (Å²) in [5.74, 6) is -5.82. The number of hydrogen-bond acceptors (Lipinski definition) is 9. The zero-order valence-corrected chi connectivity index (χ0v) is 16.0. The van der Waals surface area contributed by atoms with Crippen molar-refractivity contribution in [2.75, 3.05) is 7.11 Å². The van der Waals surface area contributed by atoms with Crippen LogP contribution >= 0.6 is 0 Å². The Morgan fingerprint density at radius 2 is 1.63 bits per heavy atom. The van der Waals surface area contributed by atoms with Gasteiger partial charge >= 0.3 is 5.97 Å². The van der Waals surface area contributed by atoms with Crippen LogP contribution in [0.15, 0.2) is 18.2 Å². The van der Waals surface area contributed by atoms with Crippen LogP contribution in [-0.2, 0) is 9.53 Å². The number of phenols is 3. The Morgan fingerprint density at radius 3 is 2.20 bits per heavy atom. The molecule has 0 aromatic heterocycles. The van der Waals surface area contributed by atoms with Crippen LogP contribution in [0.4, 0.5) is 0 Å². The molecule has 0 amide bonds. The maximum atomic E-state index is 13.1. The first-order valence-electron chi connectivity index (χ1n) is 9.03. The lowest BCUT2D eigenvalue weighted by Crippen LogP contribution is -2.44. The first-order chi connectivity index (χ1) is 14.0. The van der Waals surface area contributed by atoms with E-state index in [9.17, 15) is 39.9 Å². The molecule has 0 aliphatic heterocycles. The third-order valence-electron chi connectivity index (χ3n) is 5.77. The molecule has 0 radical (unpaired) electrons. The van der Waals surface area contributed by atoms with Crippen molar-refractivity contribution < 1.29 is 44.7 Å². The molecule has 0 spiro atoms. The van der Waals surface area contributed by atoms with Crippen molar-refractivity contribution in [2.45, 2.75) is 31.0 Å². The molecule has 0 saturated heterocycles. The van der Waals surface area contributed by atoms with Crippen LogP contribution in [0.25, 0.3) is 0 Å². The number of ether oxygens (including phenoxy) is 1. The molecule has 0 bridgehead atoms. The molecule has 3 atom stereocenters. The van der Waals surface area contributed by atoms with E-state index in [1.165, 1.54) is 6.92 Å². The molecule has 4 rings (SSSR count). The molecule has 0 saturated carbocycles. The van der Waals surface area contributed by atoms with Crippen molar-refractivity contribution in [3.8, 4) is 17.2 Å². The van der Waals surface area contributed by atoms with Gasteiger partial charge in [-0.15, -0.1) is 0 Å². The Balaban J connectivity index is 2.07. The van der Waals surface area contributed by atoms with Crippen LogP contribution in [0.5, 0.6) is 17.2 Å². The summed E-state index contributed by atoms with van der Waals surface area (Å²) >= 11 is 0. The average molecular weight is 414 g/mol. The summed E-state index contributed by atoms with van der Waals surface area (Å²) in [7, 11) is 1.10. The van der Waals surface area contributed by atoms with E-state index in [4.69, 9.17) is 4.74 Å². The molecule has 9 heteroatoms. The molecule has 2 aromatic carbocycles. The summed E-state index contributed by atoms with van der Waals surface area (Å²) in [6.45, 7) is 1.31. The number of aliphatic hydroxyl groups is 2. The third kappa shape index (κ3) is 2.45. The largest absolute Gasteiger partial charge is 0.507 e. The second kappa shape index (κ2) is 6.28. The number of esters is 1. The molecule has 0 fully saturated rings. The van der Waals surface area contributed by atoms with Crippen LogP contribution in [0.2, 0.25) is 0 Å². The molecule has 3 unspecified atom stereocenters. The van der Waals surface area contributed by atoms with E-state index in [1.807, 2.05) is 0 Å². The molecule has 0 heterocycles. The van der Waals surface area contributed by atoms with E-state index in [0.717, 1.165) is 25.3 Å². The van der Waals surface area contributed by atoms with Gasteiger partial charge in [0.1, 0.15) is 23.2 Å². The predicted molar refractivity (Wildman–Crippen MR) is 99.7 cm³/mol. The number of benzene rings is 2. The zero-order chi connectivity index (χ0) is 22.1. The van der Waals surface area contributed by atoms with Crippen molar-refractivity contribution in [1.29, 1.82) is 0 Å². The molecule has 2 aliphatic rings. The lowest BCUT2D eigenvalue weighted by atomic mass is 9.68. The Bertz CT molecular complexity index is 1150. The van der Waals surface area contributed by atoms with Gasteiger partial charge in [0.25, 0.3) is 0 Å². The molecular weight excluding hydrogens is 396 g/mol. The van der Waals surface area contributed by atoms with Gasteiger partial charge in [-0.1, -0.05) is 0 Å². The van der Waals surface area contributed by atoms with Crippen LogP contribution < -0.4 is 0 Å². The molecule has 30 heavy (non-hydrogen) atoms. The van der Waals surface area contributed by atoms with E-state index < -0.39 is 69.1 Å². The lowest BCUT2D eigenvalue weighted by Gasteiger charge is -2.40. The van der Waals surface area contributed by atoms with Gasteiger partial charge in [-0.2, -0.15) is 0 Å².